The van der Waals surface area contributed by atoms with Gasteiger partial charge in [-0.3, -0.25) is 9.59 Å². The number of rotatable bonds is 4. The topological polar surface area (TPSA) is 88.8 Å². The molecule has 9 heteroatoms. The Morgan fingerprint density at radius 1 is 0.879 bits per heavy atom. The van der Waals surface area contributed by atoms with Crippen molar-refractivity contribution in [3.8, 4) is 5.75 Å². The first-order valence-corrected chi connectivity index (χ1v) is 11.5. The largest absolute Gasteiger partial charge is 0.497 e. The molecule has 0 aliphatic carbocycles. The Balaban J connectivity index is 1.84. The maximum Gasteiger partial charge on any atom is 0.351 e. The van der Waals surface area contributed by atoms with E-state index in [1.165, 1.54) is 30.7 Å². The van der Waals surface area contributed by atoms with Crippen molar-refractivity contribution in [1.29, 1.82) is 0 Å². The molecule has 0 saturated heterocycles. The summed E-state index contributed by atoms with van der Waals surface area (Å²) >= 11 is 6.95. The first-order valence-electron chi connectivity index (χ1n) is 9.88. The number of fused-ring (bicyclic) bond motifs is 4. The molecule has 0 radical (unpaired) electrons. The molecule has 3 aromatic carbocycles. The minimum Gasteiger partial charge on any atom is -0.497 e. The van der Waals surface area contributed by atoms with Crippen LogP contribution in [0.3, 0.4) is 0 Å². The van der Waals surface area contributed by atoms with Crippen LogP contribution in [0.4, 0.5) is 0 Å². The number of halogens is 2. The van der Waals surface area contributed by atoms with E-state index in [2.05, 4.69) is 31.9 Å². The number of hydrogen-bond donors (Lipinski definition) is 1. The van der Waals surface area contributed by atoms with E-state index >= 15 is 0 Å². The molecule has 1 N–H and O–H groups in total. The number of hydrogen-bond acceptors (Lipinski definition) is 4. The summed E-state index contributed by atoms with van der Waals surface area (Å²) in [4.78, 5) is 40.6. The molecule has 2 heterocycles. The Bertz CT molecular complexity index is 1470. The van der Waals surface area contributed by atoms with Gasteiger partial charge in [0, 0.05) is 19.7 Å². The molecule has 5 rings (SSSR count). The van der Waals surface area contributed by atoms with Gasteiger partial charge in [0.1, 0.15) is 5.75 Å². The SMILES string of the molecule is COc1ccc2c(c1)C(=O)N(C(C)(C(=O)O)n1c3ccc(Br)cc3c3cc(Br)ccc31)C2=O. The normalized spacial score (nSPS) is 15.2. The summed E-state index contributed by atoms with van der Waals surface area (Å²) in [5, 5.41) is 12.1. The maximum atomic E-state index is 13.5. The van der Waals surface area contributed by atoms with E-state index in [-0.39, 0.29) is 11.1 Å². The molecular weight excluding hydrogens is 556 g/mol. The van der Waals surface area contributed by atoms with E-state index in [4.69, 9.17) is 4.74 Å². The van der Waals surface area contributed by atoms with E-state index < -0.39 is 23.4 Å². The summed E-state index contributed by atoms with van der Waals surface area (Å²) in [6.07, 6.45) is 0. The maximum absolute atomic E-state index is 13.5. The van der Waals surface area contributed by atoms with Gasteiger partial charge in [-0.05, 0) is 61.5 Å². The molecule has 0 fully saturated rings. The number of methoxy groups -OCH3 is 1. The van der Waals surface area contributed by atoms with Crippen LogP contribution in [0.5, 0.6) is 5.75 Å². The Kier molecular flexibility index (Phi) is 4.88. The van der Waals surface area contributed by atoms with Crippen molar-refractivity contribution in [3.63, 3.8) is 0 Å². The zero-order valence-corrected chi connectivity index (χ0v) is 20.6. The highest BCUT2D eigenvalue weighted by Crippen LogP contribution is 2.41. The van der Waals surface area contributed by atoms with Gasteiger partial charge in [0.05, 0.1) is 29.3 Å². The molecule has 166 valence electrons. The number of aliphatic carboxylic acids is 1. The predicted octanol–water partition coefficient (Wildman–Crippen LogP) is 5.38. The number of nitrogens with zero attached hydrogens (tertiary/aromatic N) is 2. The van der Waals surface area contributed by atoms with Gasteiger partial charge in [-0.25, -0.2) is 9.69 Å². The van der Waals surface area contributed by atoms with Gasteiger partial charge in [-0.2, -0.15) is 0 Å². The predicted molar refractivity (Wildman–Crippen MR) is 130 cm³/mol. The van der Waals surface area contributed by atoms with E-state index in [1.807, 2.05) is 12.1 Å². The minimum atomic E-state index is -2.04. The fraction of sp³-hybridized carbons (Fsp3) is 0.125. The lowest BCUT2D eigenvalue weighted by Gasteiger charge is -2.36. The van der Waals surface area contributed by atoms with Crippen molar-refractivity contribution < 1.29 is 24.2 Å². The molecule has 1 atom stereocenters. The number of aromatic nitrogens is 1. The second kappa shape index (κ2) is 7.43. The smallest absolute Gasteiger partial charge is 0.351 e. The minimum absolute atomic E-state index is 0.109. The van der Waals surface area contributed by atoms with Gasteiger partial charge >= 0.3 is 5.97 Å². The average molecular weight is 572 g/mol. The number of imide groups is 1. The molecule has 33 heavy (non-hydrogen) atoms. The second-order valence-corrected chi connectivity index (χ2v) is 9.67. The first-order chi connectivity index (χ1) is 15.7. The van der Waals surface area contributed by atoms with Crippen LogP contribution >= 0.6 is 31.9 Å². The highest BCUT2D eigenvalue weighted by Gasteiger charge is 2.53. The summed E-state index contributed by atoms with van der Waals surface area (Å²) in [5.74, 6) is -2.30. The lowest BCUT2D eigenvalue weighted by molar-refractivity contribution is -0.152. The molecule has 1 aliphatic heterocycles. The zero-order valence-electron chi connectivity index (χ0n) is 17.4. The standard InChI is InChI=1S/C24H16Br2N2O5/c1-24(23(31)32,28-21(29)15-6-5-14(33-2)11-18(15)22(28)30)27-19-7-3-12(25)9-16(19)17-10-13(26)4-8-20(17)27/h3-11H,1-2H3,(H,31,32). The highest BCUT2D eigenvalue weighted by molar-refractivity contribution is 9.10. The monoisotopic (exact) mass is 570 g/mol. The third kappa shape index (κ3) is 2.95. The van der Waals surface area contributed by atoms with Gasteiger partial charge < -0.3 is 14.4 Å². The third-order valence-corrected chi connectivity index (χ3v) is 7.05. The molecule has 0 spiro atoms. The molecule has 0 bridgehead atoms. The van der Waals surface area contributed by atoms with Gasteiger partial charge in [0.2, 0.25) is 5.66 Å². The molecule has 1 aromatic heterocycles. The fourth-order valence-corrected chi connectivity index (χ4v) is 5.19. The fourth-order valence-electron chi connectivity index (χ4n) is 4.47. The van der Waals surface area contributed by atoms with Gasteiger partial charge in [0.15, 0.2) is 0 Å². The van der Waals surface area contributed by atoms with E-state index in [9.17, 15) is 19.5 Å². The van der Waals surface area contributed by atoms with Crippen molar-refractivity contribution in [3.05, 3.63) is 74.7 Å². The molecular formula is C24H16Br2N2O5. The quantitative estimate of drug-likeness (QED) is 0.332. The van der Waals surface area contributed by atoms with Crippen LogP contribution in [-0.4, -0.2) is 39.5 Å². The highest BCUT2D eigenvalue weighted by atomic mass is 79.9. The average Bonchev–Trinajstić information content (AvgIpc) is 3.24. The molecule has 7 nitrogen and oxygen atoms in total. The Morgan fingerprint density at radius 3 is 1.94 bits per heavy atom. The summed E-state index contributed by atoms with van der Waals surface area (Å²) < 4.78 is 8.37. The Labute approximate surface area is 204 Å². The number of carbonyl (C=O) groups excluding carboxylic acids is 2. The third-order valence-electron chi connectivity index (χ3n) is 6.06. The number of carbonyl (C=O) groups is 3. The lowest BCUT2D eigenvalue weighted by atomic mass is 10.1. The van der Waals surface area contributed by atoms with Crippen LogP contribution in [0.1, 0.15) is 27.6 Å². The van der Waals surface area contributed by atoms with E-state index in [1.54, 1.807) is 30.3 Å². The summed E-state index contributed by atoms with van der Waals surface area (Å²) in [6, 6.07) is 15.4. The molecule has 0 saturated carbocycles. The summed E-state index contributed by atoms with van der Waals surface area (Å²) in [7, 11) is 1.45. The second-order valence-electron chi connectivity index (χ2n) is 7.84. The van der Waals surface area contributed by atoms with Crippen molar-refractivity contribution in [2.45, 2.75) is 12.6 Å². The van der Waals surface area contributed by atoms with Crippen LogP contribution in [0, 0.1) is 0 Å². The molecule has 1 aliphatic rings. The molecule has 2 amide bonds. The van der Waals surface area contributed by atoms with Crippen LogP contribution in [-0.2, 0) is 10.5 Å². The Hall–Kier alpha value is -3.17. The van der Waals surface area contributed by atoms with Crippen molar-refractivity contribution >= 4 is 71.4 Å². The summed E-state index contributed by atoms with van der Waals surface area (Å²) in [6.45, 7) is 1.37. The lowest BCUT2D eigenvalue weighted by Crippen LogP contribution is -2.56. The number of carboxylic acid groups (broad SMARTS) is 1. The number of ether oxygens (including phenoxy) is 1. The van der Waals surface area contributed by atoms with Crippen molar-refractivity contribution in [2.75, 3.05) is 7.11 Å². The molecule has 1 unspecified atom stereocenters. The van der Waals surface area contributed by atoms with Crippen LogP contribution in [0.25, 0.3) is 21.8 Å². The van der Waals surface area contributed by atoms with Crippen LogP contribution in [0.15, 0.2) is 63.5 Å². The number of amides is 2. The number of benzene rings is 3. The number of carboxylic acids is 1. The van der Waals surface area contributed by atoms with Crippen molar-refractivity contribution in [2.24, 2.45) is 0 Å². The van der Waals surface area contributed by atoms with Crippen LogP contribution < -0.4 is 4.74 Å². The summed E-state index contributed by atoms with van der Waals surface area (Å²) in [5.41, 5.74) is -0.643. The zero-order chi connectivity index (χ0) is 23.7. The Morgan fingerprint density at radius 2 is 1.42 bits per heavy atom. The molecule has 4 aromatic rings. The van der Waals surface area contributed by atoms with Gasteiger partial charge in [-0.1, -0.05) is 31.9 Å². The first kappa shape index (κ1) is 21.7. The van der Waals surface area contributed by atoms with Crippen LogP contribution in [0.2, 0.25) is 0 Å². The van der Waals surface area contributed by atoms with E-state index in [0.717, 1.165) is 24.6 Å². The van der Waals surface area contributed by atoms with Gasteiger partial charge in [-0.15, -0.1) is 0 Å². The van der Waals surface area contributed by atoms with Gasteiger partial charge in [0.25, 0.3) is 11.8 Å². The van der Waals surface area contributed by atoms with Crippen molar-refractivity contribution in [1.82, 2.24) is 9.47 Å². The van der Waals surface area contributed by atoms with E-state index in [0.29, 0.717) is 16.8 Å².